The molecule has 5 nitrogen and oxygen atoms in total. The van der Waals surface area contributed by atoms with Crippen LogP contribution < -0.4 is 9.47 Å². The maximum atomic E-state index is 12.4. The third-order valence-corrected chi connectivity index (χ3v) is 5.73. The van der Waals surface area contributed by atoms with E-state index in [4.69, 9.17) is 26.4 Å². The first-order valence-electron chi connectivity index (χ1n) is 9.93. The summed E-state index contributed by atoms with van der Waals surface area (Å²) in [5.41, 5.74) is 2.08. The van der Waals surface area contributed by atoms with Gasteiger partial charge >= 0.3 is 0 Å². The van der Waals surface area contributed by atoms with Crippen molar-refractivity contribution in [3.8, 4) is 11.5 Å². The van der Waals surface area contributed by atoms with Crippen molar-refractivity contribution in [3.63, 3.8) is 0 Å². The lowest BCUT2D eigenvalue weighted by atomic mass is 10.2. The smallest absolute Gasteiger partial charge is 0.266 e. The van der Waals surface area contributed by atoms with Crippen molar-refractivity contribution < 1.29 is 19.0 Å². The molecule has 0 bridgehead atoms. The molecule has 0 spiro atoms. The van der Waals surface area contributed by atoms with Crippen LogP contribution in [0, 0.1) is 6.92 Å². The van der Waals surface area contributed by atoms with Crippen molar-refractivity contribution in [3.05, 3.63) is 77.2 Å². The Bertz CT molecular complexity index is 956. The molecule has 7 heteroatoms. The van der Waals surface area contributed by atoms with Gasteiger partial charge in [0.15, 0.2) is 0 Å². The number of rotatable bonds is 11. The molecule has 0 atom stereocenters. The largest absolute Gasteiger partial charge is 0.491 e. The molecular formula is C24H25NO4S2. The average molecular weight is 456 g/mol. The van der Waals surface area contributed by atoms with Crippen LogP contribution in [0.25, 0.3) is 6.08 Å². The fourth-order valence-corrected chi connectivity index (χ4v) is 4.08. The Hall–Kier alpha value is -2.61. The molecular weight excluding hydrogens is 430 g/mol. The SMILES string of the molecule is C=CCN1C(=O)C(=Cc2cccc(OCCOCCOc3ccc(C)cc3)c2)SC1=S. The number of carbonyl (C=O) groups excluding carboxylic acids is 1. The van der Waals surface area contributed by atoms with E-state index in [1.54, 1.807) is 11.0 Å². The lowest BCUT2D eigenvalue weighted by Gasteiger charge is -2.10. The maximum absolute atomic E-state index is 12.4. The minimum atomic E-state index is -0.0949. The molecule has 0 aliphatic carbocycles. The predicted molar refractivity (Wildman–Crippen MR) is 130 cm³/mol. The molecule has 1 amide bonds. The molecule has 2 aromatic rings. The summed E-state index contributed by atoms with van der Waals surface area (Å²) < 4.78 is 17.5. The first-order chi connectivity index (χ1) is 15.1. The summed E-state index contributed by atoms with van der Waals surface area (Å²) in [5, 5.41) is 0. The third-order valence-electron chi connectivity index (χ3n) is 4.35. The minimum absolute atomic E-state index is 0.0949. The molecule has 1 aliphatic heterocycles. The second-order valence-electron chi connectivity index (χ2n) is 6.78. The summed E-state index contributed by atoms with van der Waals surface area (Å²) in [6.07, 6.45) is 3.49. The molecule has 1 aliphatic rings. The van der Waals surface area contributed by atoms with Gasteiger partial charge in [0.1, 0.15) is 29.0 Å². The fraction of sp³-hybridized carbons (Fsp3) is 0.250. The highest BCUT2D eigenvalue weighted by atomic mass is 32.2. The van der Waals surface area contributed by atoms with Crippen LogP contribution in [0.1, 0.15) is 11.1 Å². The van der Waals surface area contributed by atoms with Gasteiger partial charge in [0, 0.05) is 6.54 Å². The second-order valence-corrected chi connectivity index (χ2v) is 8.45. The highest BCUT2D eigenvalue weighted by molar-refractivity contribution is 8.26. The number of hydrogen-bond donors (Lipinski definition) is 0. The zero-order valence-corrected chi connectivity index (χ0v) is 19.0. The molecule has 1 fully saturated rings. The molecule has 0 aromatic heterocycles. The number of ether oxygens (including phenoxy) is 3. The molecule has 1 saturated heterocycles. The van der Waals surface area contributed by atoms with Crippen LogP contribution in [-0.2, 0) is 9.53 Å². The second kappa shape index (κ2) is 11.7. The van der Waals surface area contributed by atoms with Gasteiger partial charge in [-0.05, 0) is 42.8 Å². The van der Waals surface area contributed by atoms with Crippen LogP contribution in [0.15, 0.2) is 66.1 Å². The molecule has 31 heavy (non-hydrogen) atoms. The number of amides is 1. The Morgan fingerprint density at radius 1 is 1.03 bits per heavy atom. The number of thiocarbonyl (C=S) groups is 1. The highest BCUT2D eigenvalue weighted by Gasteiger charge is 2.30. The number of nitrogens with zero attached hydrogens (tertiary/aromatic N) is 1. The molecule has 2 aromatic carbocycles. The van der Waals surface area contributed by atoms with E-state index in [0.717, 1.165) is 17.1 Å². The van der Waals surface area contributed by atoms with E-state index in [1.807, 2.05) is 61.5 Å². The topological polar surface area (TPSA) is 48.0 Å². The average Bonchev–Trinajstić information content (AvgIpc) is 3.02. The normalized spacial score (nSPS) is 14.9. The summed E-state index contributed by atoms with van der Waals surface area (Å²) in [5.74, 6) is 1.46. The number of hydrogen-bond acceptors (Lipinski definition) is 6. The number of carbonyl (C=O) groups is 1. The first-order valence-corrected chi connectivity index (χ1v) is 11.2. The number of aryl methyl sites for hydroxylation is 1. The first kappa shape index (κ1) is 23.1. The Morgan fingerprint density at radius 2 is 1.74 bits per heavy atom. The fourth-order valence-electron chi connectivity index (χ4n) is 2.81. The number of thioether (sulfide) groups is 1. The van der Waals surface area contributed by atoms with Crippen molar-refractivity contribution in [2.75, 3.05) is 33.0 Å². The Balaban J connectivity index is 1.40. The van der Waals surface area contributed by atoms with Gasteiger partial charge in [-0.15, -0.1) is 6.58 Å². The van der Waals surface area contributed by atoms with Crippen molar-refractivity contribution in [1.82, 2.24) is 4.90 Å². The van der Waals surface area contributed by atoms with E-state index in [0.29, 0.717) is 42.2 Å². The quantitative estimate of drug-likeness (QED) is 0.209. The summed E-state index contributed by atoms with van der Waals surface area (Å²) in [4.78, 5) is 14.6. The van der Waals surface area contributed by atoms with Gasteiger partial charge in [-0.2, -0.15) is 0 Å². The molecule has 162 valence electrons. The van der Waals surface area contributed by atoms with Gasteiger partial charge in [-0.25, -0.2) is 0 Å². The summed E-state index contributed by atoms with van der Waals surface area (Å²) >= 11 is 6.57. The number of benzene rings is 2. The third kappa shape index (κ3) is 6.95. The van der Waals surface area contributed by atoms with Gasteiger partial charge in [-0.1, -0.05) is 59.9 Å². The van der Waals surface area contributed by atoms with Crippen molar-refractivity contribution in [2.24, 2.45) is 0 Å². The van der Waals surface area contributed by atoms with E-state index in [9.17, 15) is 4.79 Å². The summed E-state index contributed by atoms with van der Waals surface area (Å²) in [6.45, 7) is 7.99. The molecule has 0 saturated carbocycles. The van der Waals surface area contributed by atoms with Crippen LogP contribution >= 0.6 is 24.0 Å². The van der Waals surface area contributed by atoms with Crippen LogP contribution in [-0.4, -0.2) is 48.1 Å². The van der Waals surface area contributed by atoms with Gasteiger partial charge in [0.25, 0.3) is 5.91 Å². The molecule has 1 heterocycles. The molecule has 0 unspecified atom stereocenters. The van der Waals surface area contributed by atoms with Crippen LogP contribution in [0.5, 0.6) is 11.5 Å². The molecule has 0 radical (unpaired) electrons. The zero-order chi connectivity index (χ0) is 22.1. The van der Waals surface area contributed by atoms with E-state index < -0.39 is 0 Å². The van der Waals surface area contributed by atoms with Gasteiger partial charge in [0.2, 0.25) is 0 Å². The lowest BCUT2D eigenvalue weighted by Crippen LogP contribution is -2.27. The molecule has 0 N–H and O–H groups in total. The van der Waals surface area contributed by atoms with E-state index >= 15 is 0 Å². The minimum Gasteiger partial charge on any atom is -0.491 e. The summed E-state index contributed by atoms with van der Waals surface area (Å²) in [6, 6.07) is 15.5. The van der Waals surface area contributed by atoms with E-state index in [1.165, 1.54) is 17.3 Å². The molecule has 3 rings (SSSR count). The van der Waals surface area contributed by atoms with Gasteiger partial charge in [-0.3, -0.25) is 9.69 Å². The van der Waals surface area contributed by atoms with Crippen LogP contribution in [0.4, 0.5) is 0 Å². The van der Waals surface area contributed by atoms with Gasteiger partial charge in [0.05, 0.1) is 18.1 Å². The lowest BCUT2D eigenvalue weighted by molar-refractivity contribution is -0.121. The predicted octanol–water partition coefficient (Wildman–Crippen LogP) is 4.86. The Kier molecular flexibility index (Phi) is 8.70. The van der Waals surface area contributed by atoms with Crippen molar-refractivity contribution in [1.29, 1.82) is 0 Å². The van der Waals surface area contributed by atoms with Crippen molar-refractivity contribution in [2.45, 2.75) is 6.92 Å². The van der Waals surface area contributed by atoms with E-state index in [2.05, 4.69) is 6.58 Å². The monoisotopic (exact) mass is 455 g/mol. The Morgan fingerprint density at radius 3 is 2.45 bits per heavy atom. The van der Waals surface area contributed by atoms with Crippen molar-refractivity contribution >= 4 is 40.3 Å². The van der Waals surface area contributed by atoms with Gasteiger partial charge < -0.3 is 14.2 Å². The standard InChI is InChI=1S/C24H25NO4S2/c1-3-11-25-23(26)22(31-24(25)30)17-19-5-4-6-21(16-19)29-15-13-27-12-14-28-20-9-7-18(2)8-10-20/h3-10,16-17H,1,11-15H2,2H3. The summed E-state index contributed by atoms with van der Waals surface area (Å²) in [7, 11) is 0. The van der Waals surface area contributed by atoms with Crippen LogP contribution in [0.3, 0.4) is 0 Å². The highest BCUT2D eigenvalue weighted by Crippen LogP contribution is 2.32. The van der Waals surface area contributed by atoms with Crippen LogP contribution in [0.2, 0.25) is 0 Å². The maximum Gasteiger partial charge on any atom is 0.266 e. The van der Waals surface area contributed by atoms with E-state index in [-0.39, 0.29) is 5.91 Å². The Labute approximate surface area is 192 Å². The zero-order valence-electron chi connectivity index (χ0n) is 17.4.